The van der Waals surface area contributed by atoms with Crippen molar-refractivity contribution in [1.82, 2.24) is 4.90 Å². The van der Waals surface area contributed by atoms with Crippen molar-refractivity contribution in [3.8, 4) is 0 Å². The molecule has 1 heterocycles. The first-order valence-electron chi connectivity index (χ1n) is 6.78. The maximum atomic E-state index is 10.9. The van der Waals surface area contributed by atoms with Gasteiger partial charge in [-0.1, -0.05) is 24.1 Å². The largest absolute Gasteiger partial charge is 0.299 e. The van der Waals surface area contributed by atoms with Gasteiger partial charge in [0, 0.05) is 25.7 Å². The van der Waals surface area contributed by atoms with Gasteiger partial charge in [-0.05, 0) is 36.3 Å². The van der Waals surface area contributed by atoms with Gasteiger partial charge in [-0.3, -0.25) is 15.0 Å². The molecule has 2 aliphatic rings. The van der Waals surface area contributed by atoms with Crippen LogP contribution >= 0.6 is 11.6 Å². The quantitative estimate of drug-likeness (QED) is 0.629. The van der Waals surface area contributed by atoms with Crippen LogP contribution in [-0.2, 0) is 6.54 Å². The minimum atomic E-state index is -0.412. The number of fused-ring (bicyclic) bond motifs is 1. The third-order valence-corrected chi connectivity index (χ3v) is 4.73. The molecule has 2 atom stereocenters. The highest BCUT2D eigenvalue weighted by atomic mass is 35.5. The first-order chi connectivity index (χ1) is 9.13. The summed E-state index contributed by atoms with van der Waals surface area (Å²) < 4.78 is 0. The fourth-order valence-electron chi connectivity index (χ4n) is 3.52. The Morgan fingerprint density at radius 1 is 1.32 bits per heavy atom. The number of hydrogen-bond donors (Lipinski definition) is 0. The van der Waals surface area contributed by atoms with E-state index in [1.165, 1.54) is 19.3 Å². The summed E-state index contributed by atoms with van der Waals surface area (Å²) >= 11 is 5.83. The Labute approximate surface area is 117 Å². The van der Waals surface area contributed by atoms with Crippen LogP contribution in [0.4, 0.5) is 5.69 Å². The van der Waals surface area contributed by atoms with Gasteiger partial charge in [0.15, 0.2) is 0 Å². The van der Waals surface area contributed by atoms with Crippen LogP contribution in [0.3, 0.4) is 0 Å². The number of rotatable bonds is 3. The molecule has 2 unspecified atom stereocenters. The first kappa shape index (κ1) is 12.9. The summed E-state index contributed by atoms with van der Waals surface area (Å²) in [5.74, 6) is 1.70. The number of nitrogens with zero attached hydrogens (tertiary/aromatic N) is 2. The Hall–Kier alpha value is -1.13. The van der Waals surface area contributed by atoms with E-state index in [-0.39, 0.29) is 10.7 Å². The number of nitro groups is 1. The lowest BCUT2D eigenvalue weighted by molar-refractivity contribution is -0.384. The van der Waals surface area contributed by atoms with Gasteiger partial charge in [-0.25, -0.2) is 0 Å². The SMILES string of the molecule is O=[N+]([O-])c1cc(CN2CC3CCCC3C2)ccc1Cl. The zero-order valence-corrected chi connectivity index (χ0v) is 11.5. The summed E-state index contributed by atoms with van der Waals surface area (Å²) in [6.45, 7) is 3.08. The molecular weight excluding hydrogens is 264 g/mol. The van der Waals surface area contributed by atoms with E-state index in [0.29, 0.717) is 0 Å². The zero-order valence-electron chi connectivity index (χ0n) is 10.7. The van der Waals surface area contributed by atoms with E-state index in [0.717, 1.165) is 37.0 Å². The topological polar surface area (TPSA) is 46.4 Å². The molecule has 2 fully saturated rings. The van der Waals surface area contributed by atoms with Crippen LogP contribution < -0.4 is 0 Å². The molecular formula is C14H17ClN2O2. The van der Waals surface area contributed by atoms with Crippen LogP contribution in [0.2, 0.25) is 5.02 Å². The van der Waals surface area contributed by atoms with E-state index in [1.807, 2.05) is 6.07 Å². The lowest BCUT2D eigenvalue weighted by Crippen LogP contribution is -2.21. The normalized spacial score (nSPS) is 26.6. The summed E-state index contributed by atoms with van der Waals surface area (Å²) in [4.78, 5) is 12.9. The number of nitro benzene ring substituents is 1. The number of halogens is 1. The monoisotopic (exact) mass is 280 g/mol. The van der Waals surface area contributed by atoms with Crippen LogP contribution in [-0.4, -0.2) is 22.9 Å². The minimum absolute atomic E-state index is 0.0126. The van der Waals surface area contributed by atoms with Crippen molar-refractivity contribution < 1.29 is 4.92 Å². The maximum Gasteiger partial charge on any atom is 0.288 e. The van der Waals surface area contributed by atoms with Crippen LogP contribution in [0, 0.1) is 22.0 Å². The van der Waals surface area contributed by atoms with Gasteiger partial charge < -0.3 is 0 Å². The molecule has 0 bridgehead atoms. The Bertz CT molecular complexity index is 494. The Morgan fingerprint density at radius 3 is 2.63 bits per heavy atom. The molecule has 3 rings (SSSR count). The van der Waals surface area contributed by atoms with E-state index in [4.69, 9.17) is 11.6 Å². The van der Waals surface area contributed by atoms with E-state index in [1.54, 1.807) is 12.1 Å². The van der Waals surface area contributed by atoms with Gasteiger partial charge in [0.05, 0.1) is 4.92 Å². The highest BCUT2D eigenvalue weighted by Crippen LogP contribution is 2.38. The average Bonchev–Trinajstić information content (AvgIpc) is 2.91. The Balaban J connectivity index is 1.70. The lowest BCUT2D eigenvalue weighted by Gasteiger charge is -2.16. The van der Waals surface area contributed by atoms with Crippen molar-refractivity contribution in [3.63, 3.8) is 0 Å². The second kappa shape index (κ2) is 5.10. The molecule has 5 heteroatoms. The number of benzene rings is 1. The molecule has 0 aromatic heterocycles. The molecule has 1 aromatic rings. The van der Waals surface area contributed by atoms with Crippen molar-refractivity contribution >= 4 is 17.3 Å². The van der Waals surface area contributed by atoms with Crippen molar-refractivity contribution in [2.75, 3.05) is 13.1 Å². The summed E-state index contributed by atoms with van der Waals surface area (Å²) in [5.41, 5.74) is 0.995. The fourth-order valence-corrected chi connectivity index (χ4v) is 3.70. The summed E-state index contributed by atoms with van der Waals surface area (Å²) in [5, 5.41) is 11.1. The van der Waals surface area contributed by atoms with Gasteiger partial charge in [0.2, 0.25) is 0 Å². The van der Waals surface area contributed by atoms with E-state index in [2.05, 4.69) is 4.90 Å². The van der Waals surface area contributed by atoms with E-state index < -0.39 is 4.92 Å². The van der Waals surface area contributed by atoms with E-state index in [9.17, 15) is 10.1 Å². The first-order valence-corrected chi connectivity index (χ1v) is 7.16. The molecule has 4 nitrogen and oxygen atoms in total. The molecule has 0 N–H and O–H groups in total. The summed E-state index contributed by atoms with van der Waals surface area (Å²) in [7, 11) is 0. The lowest BCUT2D eigenvalue weighted by atomic mass is 10.0. The van der Waals surface area contributed by atoms with Gasteiger partial charge in [-0.15, -0.1) is 0 Å². The highest BCUT2D eigenvalue weighted by molar-refractivity contribution is 6.32. The molecule has 1 aromatic carbocycles. The molecule has 1 aliphatic heterocycles. The van der Waals surface area contributed by atoms with Crippen molar-refractivity contribution in [1.29, 1.82) is 0 Å². The van der Waals surface area contributed by atoms with Crippen LogP contribution in [0.25, 0.3) is 0 Å². The van der Waals surface area contributed by atoms with Gasteiger partial charge >= 0.3 is 0 Å². The standard InChI is InChI=1S/C14H17ClN2O2/c15-13-5-4-10(6-14(13)17(18)19)7-16-8-11-2-1-3-12(11)9-16/h4-6,11-12H,1-3,7-9H2. The highest BCUT2D eigenvalue weighted by Gasteiger charge is 2.35. The Kier molecular flexibility index (Phi) is 3.46. The molecule has 1 saturated carbocycles. The minimum Gasteiger partial charge on any atom is -0.299 e. The summed E-state index contributed by atoms with van der Waals surface area (Å²) in [6.07, 6.45) is 4.07. The van der Waals surface area contributed by atoms with E-state index >= 15 is 0 Å². The molecule has 0 radical (unpaired) electrons. The predicted octanol–water partition coefficient (Wildman–Crippen LogP) is 3.48. The number of likely N-dealkylation sites (tertiary alicyclic amines) is 1. The summed E-state index contributed by atoms with van der Waals surface area (Å²) in [6, 6.07) is 5.13. The molecule has 0 amide bonds. The number of hydrogen-bond acceptors (Lipinski definition) is 3. The molecule has 19 heavy (non-hydrogen) atoms. The Morgan fingerprint density at radius 2 is 2.00 bits per heavy atom. The predicted molar refractivity (Wildman–Crippen MR) is 74.2 cm³/mol. The van der Waals surface area contributed by atoms with Gasteiger partial charge in [0.1, 0.15) is 5.02 Å². The smallest absolute Gasteiger partial charge is 0.288 e. The molecule has 1 saturated heterocycles. The van der Waals surface area contributed by atoms with Crippen molar-refractivity contribution in [3.05, 3.63) is 38.9 Å². The second-order valence-electron chi connectivity index (χ2n) is 5.69. The maximum absolute atomic E-state index is 10.9. The van der Waals surface area contributed by atoms with Crippen LogP contribution in [0.15, 0.2) is 18.2 Å². The fraction of sp³-hybridized carbons (Fsp3) is 0.571. The second-order valence-corrected chi connectivity index (χ2v) is 6.10. The molecule has 102 valence electrons. The van der Waals surface area contributed by atoms with Crippen molar-refractivity contribution in [2.24, 2.45) is 11.8 Å². The third kappa shape index (κ3) is 2.60. The van der Waals surface area contributed by atoms with Crippen molar-refractivity contribution in [2.45, 2.75) is 25.8 Å². The molecule has 1 aliphatic carbocycles. The van der Waals surface area contributed by atoms with Crippen LogP contribution in [0.1, 0.15) is 24.8 Å². The van der Waals surface area contributed by atoms with Crippen LogP contribution in [0.5, 0.6) is 0 Å². The average molecular weight is 281 g/mol. The van der Waals surface area contributed by atoms with Gasteiger partial charge in [-0.2, -0.15) is 0 Å². The van der Waals surface area contributed by atoms with Gasteiger partial charge in [0.25, 0.3) is 5.69 Å². The third-order valence-electron chi connectivity index (χ3n) is 4.42. The zero-order chi connectivity index (χ0) is 13.4. The molecule has 0 spiro atoms.